The molecule has 0 atom stereocenters. The van der Waals surface area contributed by atoms with Crippen LogP contribution >= 0.6 is 15.9 Å². The van der Waals surface area contributed by atoms with Crippen molar-refractivity contribution in [2.75, 3.05) is 10.6 Å². The number of nitrogens with one attached hydrogen (secondary N) is 2. The van der Waals surface area contributed by atoms with Gasteiger partial charge in [-0.05, 0) is 70.5 Å². The second-order valence-corrected chi connectivity index (χ2v) is 5.88. The van der Waals surface area contributed by atoms with Crippen LogP contribution in [0.15, 0.2) is 69.8 Å². The molecule has 1 aromatic heterocycles. The van der Waals surface area contributed by atoms with Crippen LogP contribution in [0.1, 0.15) is 20.9 Å². The highest BCUT2D eigenvalue weighted by Gasteiger charge is 2.11. The fraction of sp³-hybridized carbons (Fsp3) is 0. The van der Waals surface area contributed by atoms with Crippen molar-refractivity contribution >= 4 is 39.1 Å². The highest BCUT2D eigenvalue weighted by atomic mass is 79.9. The molecule has 0 fully saturated rings. The van der Waals surface area contributed by atoms with Gasteiger partial charge in [-0.25, -0.2) is 4.39 Å². The molecule has 5 nitrogen and oxygen atoms in total. The van der Waals surface area contributed by atoms with Gasteiger partial charge in [0.2, 0.25) is 0 Å². The molecule has 25 heavy (non-hydrogen) atoms. The number of carbonyl (C=O) groups excluding carboxylic acids is 2. The molecule has 0 aliphatic rings. The standard InChI is InChI=1S/C18H12BrFN2O3/c19-16-9-8-15(25-16)18(24)22-14-3-1-2-13(10-14)21-17(23)11-4-6-12(20)7-5-11/h1-10H,(H,21,23)(H,22,24). The number of benzene rings is 2. The molecular weight excluding hydrogens is 391 g/mol. The van der Waals surface area contributed by atoms with Crippen molar-refractivity contribution in [3.8, 4) is 0 Å². The van der Waals surface area contributed by atoms with Crippen LogP contribution in [-0.4, -0.2) is 11.8 Å². The van der Waals surface area contributed by atoms with Gasteiger partial charge in [-0.2, -0.15) is 0 Å². The summed E-state index contributed by atoms with van der Waals surface area (Å²) >= 11 is 3.13. The number of amides is 2. The van der Waals surface area contributed by atoms with Gasteiger partial charge in [-0.15, -0.1) is 0 Å². The molecule has 2 amide bonds. The molecule has 2 N–H and O–H groups in total. The molecule has 0 saturated heterocycles. The zero-order valence-electron chi connectivity index (χ0n) is 12.8. The van der Waals surface area contributed by atoms with E-state index in [4.69, 9.17) is 4.42 Å². The summed E-state index contributed by atoms with van der Waals surface area (Å²) in [6.07, 6.45) is 0. The average Bonchev–Trinajstić information content (AvgIpc) is 3.02. The van der Waals surface area contributed by atoms with E-state index < -0.39 is 11.7 Å². The summed E-state index contributed by atoms with van der Waals surface area (Å²) in [5.74, 6) is -1.04. The Hall–Kier alpha value is -2.93. The van der Waals surface area contributed by atoms with E-state index in [9.17, 15) is 14.0 Å². The van der Waals surface area contributed by atoms with E-state index in [0.29, 0.717) is 21.6 Å². The Morgan fingerprint density at radius 1 is 0.880 bits per heavy atom. The summed E-state index contributed by atoms with van der Waals surface area (Å²) in [6, 6.07) is 15.0. The summed E-state index contributed by atoms with van der Waals surface area (Å²) < 4.78 is 18.6. The van der Waals surface area contributed by atoms with Gasteiger partial charge in [0.25, 0.3) is 11.8 Å². The van der Waals surface area contributed by atoms with Crippen molar-refractivity contribution in [2.45, 2.75) is 0 Å². The van der Waals surface area contributed by atoms with Crippen LogP contribution < -0.4 is 10.6 Å². The van der Waals surface area contributed by atoms with E-state index in [1.54, 1.807) is 36.4 Å². The third kappa shape index (κ3) is 4.33. The van der Waals surface area contributed by atoms with Gasteiger partial charge in [0.05, 0.1) is 0 Å². The van der Waals surface area contributed by atoms with Gasteiger partial charge in [0.15, 0.2) is 10.4 Å². The third-order valence-electron chi connectivity index (χ3n) is 3.28. The lowest BCUT2D eigenvalue weighted by Crippen LogP contribution is -2.13. The van der Waals surface area contributed by atoms with Crippen LogP contribution in [0.4, 0.5) is 15.8 Å². The summed E-state index contributed by atoms with van der Waals surface area (Å²) in [6.45, 7) is 0. The predicted molar refractivity (Wildman–Crippen MR) is 95.2 cm³/mol. The van der Waals surface area contributed by atoms with E-state index in [-0.39, 0.29) is 11.7 Å². The largest absolute Gasteiger partial charge is 0.444 e. The number of anilines is 2. The summed E-state index contributed by atoms with van der Waals surface area (Å²) in [4.78, 5) is 24.2. The van der Waals surface area contributed by atoms with E-state index in [0.717, 1.165) is 0 Å². The molecule has 3 aromatic rings. The SMILES string of the molecule is O=C(Nc1cccc(NC(=O)c2ccc(Br)o2)c1)c1ccc(F)cc1. The van der Waals surface area contributed by atoms with E-state index >= 15 is 0 Å². The van der Waals surface area contributed by atoms with Crippen molar-refractivity contribution in [3.05, 3.63) is 82.5 Å². The normalized spacial score (nSPS) is 10.3. The highest BCUT2D eigenvalue weighted by molar-refractivity contribution is 9.10. The average molecular weight is 403 g/mol. The smallest absolute Gasteiger partial charge is 0.291 e. The van der Waals surface area contributed by atoms with Crippen LogP contribution in [0.3, 0.4) is 0 Å². The Kier molecular flexibility index (Phi) is 4.95. The fourth-order valence-electron chi connectivity index (χ4n) is 2.11. The van der Waals surface area contributed by atoms with Crippen molar-refractivity contribution in [2.24, 2.45) is 0 Å². The zero-order valence-corrected chi connectivity index (χ0v) is 14.3. The van der Waals surface area contributed by atoms with Gasteiger partial charge in [-0.1, -0.05) is 6.07 Å². The third-order valence-corrected chi connectivity index (χ3v) is 3.71. The first kappa shape index (κ1) is 16.9. The number of halogens is 2. The molecule has 0 spiro atoms. The minimum absolute atomic E-state index is 0.160. The van der Waals surface area contributed by atoms with Crippen LogP contribution in [0.5, 0.6) is 0 Å². The maximum absolute atomic E-state index is 12.9. The molecule has 2 aromatic carbocycles. The number of hydrogen-bond acceptors (Lipinski definition) is 3. The van der Waals surface area contributed by atoms with Crippen molar-refractivity contribution in [1.29, 1.82) is 0 Å². The first-order valence-electron chi connectivity index (χ1n) is 7.25. The van der Waals surface area contributed by atoms with Crippen LogP contribution in [0, 0.1) is 5.82 Å². The monoisotopic (exact) mass is 402 g/mol. The molecule has 3 rings (SSSR count). The minimum Gasteiger partial charge on any atom is -0.444 e. The number of furan rings is 1. The van der Waals surface area contributed by atoms with Crippen LogP contribution in [0.2, 0.25) is 0 Å². The van der Waals surface area contributed by atoms with Gasteiger partial charge in [0.1, 0.15) is 5.82 Å². The lowest BCUT2D eigenvalue weighted by atomic mass is 10.2. The van der Waals surface area contributed by atoms with Crippen molar-refractivity contribution in [1.82, 2.24) is 0 Å². The Morgan fingerprint density at radius 2 is 1.52 bits per heavy atom. The Bertz CT molecular complexity index is 922. The molecule has 1 heterocycles. The lowest BCUT2D eigenvalue weighted by Gasteiger charge is -2.08. The second-order valence-electron chi connectivity index (χ2n) is 5.10. The first-order valence-corrected chi connectivity index (χ1v) is 8.04. The van der Waals surface area contributed by atoms with Gasteiger partial charge >= 0.3 is 0 Å². The summed E-state index contributed by atoms with van der Waals surface area (Å²) in [5.41, 5.74) is 1.32. The summed E-state index contributed by atoms with van der Waals surface area (Å²) in [5, 5.41) is 5.37. The molecule has 0 saturated carbocycles. The fourth-order valence-corrected chi connectivity index (χ4v) is 2.41. The van der Waals surface area contributed by atoms with E-state index in [2.05, 4.69) is 26.6 Å². The number of carbonyl (C=O) groups is 2. The zero-order chi connectivity index (χ0) is 17.8. The Morgan fingerprint density at radius 3 is 2.12 bits per heavy atom. The van der Waals surface area contributed by atoms with Crippen molar-refractivity contribution in [3.63, 3.8) is 0 Å². The van der Waals surface area contributed by atoms with Crippen LogP contribution in [-0.2, 0) is 0 Å². The van der Waals surface area contributed by atoms with E-state index in [1.807, 2.05) is 0 Å². The topological polar surface area (TPSA) is 71.3 Å². The molecule has 0 unspecified atom stereocenters. The minimum atomic E-state index is -0.411. The maximum atomic E-state index is 12.9. The molecule has 0 aliphatic carbocycles. The predicted octanol–water partition coefficient (Wildman–Crippen LogP) is 4.69. The first-order chi connectivity index (χ1) is 12.0. The second kappa shape index (κ2) is 7.31. The molecule has 0 radical (unpaired) electrons. The van der Waals surface area contributed by atoms with Gasteiger partial charge in [0, 0.05) is 16.9 Å². The number of hydrogen-bond donors (Lipinski definition) is 2. The quantitative estimate of drug-likeness (QED) is 0.664. The molecule has 7 heteroatoms. The summed E-state index contributed by atoms with van der Waals surface area (Å²) in [7, 11) is 0. The molecule has 126 valence electrons. The molecule has 0 aliphatic heterocycles. The van der Waals surface area contributed by atoms with E-state index in [1.165, 1.54) is 24.3 Å². The van der Waals surface area contributed by atoms with Crippen molar-refractivity contribution < 1.29 is 18.4 Å². The van der Waals surface area contributed by atoms with Gasteiger partial charge in [-0.3, -0.25) is 9.59 Å². The highest BCUT2D eigenvalue weighted by Crippen LogP contribution is 2.19. The number of rotatable bonds is 4. The maximum Gasteiger partial charge on any atom is 0.291 e. The molecular formula is C18H12BrFN2O3. The molecule has 0 bridgehead atoms. The Balaban J connectivity index is 1.69. The van der Waals surface area contributed by atoms with Crippen LogP contribution in [0.25, 0.3) is 0 Å². The Labute approximate surface area is 151 Å². The lowest BCUT2D eigenvalue weighted by molar-refractivity contribution is 0.0994. The van der Waals surface area contributed by atoms with Gasteiger partial charge < -0.3 is 15.1 Å².